The van der Waals surface area contributed by atoms with Gasteiger partial charge in [0.2, 0.25) is 0 Å². The van der Waals surface area contributed by atoms with Gasteiger partial charge in [0.05, 0.1) is 22.7 Å². The summed E-state index contributed by atoms with van der Waals surface area (Å²) in [6.07, 6.45) is 0. The van der Waals surface area contributed by atoms with Gasteiger partial charge in [-0.25, -0.2) is 4.79 Å². The summed E-state index contributed by atoms with van der Waals surface area (Å²) in [7, 11) is 1.35. The van der Waals surface area contributed by atoms with Crippen LogP contribution >= 0.6 is 23.2 Å². The van der Waals surface area contributed by atoms with Gasteiger partial charge in [0, 0.05) is 5.56 Å². The Bertz CT molecular complexity index is 594. The fourth-order valence-corrected chi connectivity index (χ4v) is 2.07. The average Bonchev–Trinajstić information content (AvgIpc) is 2.41. The van der Waals surface area contributed by atoms with Gasteiger partial charge in [-0.3, -0.25) is 0 Å². The van der Waals surface area contributed by atoms with Gasteiger partial charge in [-0.2, -0.15) is 0 Å². The van der Waals surface area contributed by atoms with Gasteiger partial charge >= 0.3 is 5.97 Å². The summed E-state index contributed by atoms with van der Waals surface area (Å²) in [5.74, 6) is -0.380. The highest BCUT2D eigenvalue weighted by Crippen LogP contribution is 2.33. The van der Waals surface area contributed by atoms with Crippen LogP contribution in [0.1, 0.15) is 10.4 Å². The van der Waals surface area contributed by atoms with Crippen LogP contribution in [0.4, 0.5) is 0 Å². The maximum absolute atomic E-state index is 11.5. The summed E-state index contributed by atoms with van der Waals surface area (Å²) in [4.78, 5) is 11.5. The zero-order chi connectivity index (χ0) is 13.1. The zero-order valence-electron chi connectivity index (χ0n) is 9.61. The number of rotatable bonds is 2. The molecule has 2 nitrogen and oxygen atoms in total. The molecule has 0 saturated carbocycles. The molecule has 0 aliphatic rings. The maximum Gasteiger partial charge on any atom is 0.337 e. The molecule has 4 heteroatoms. The van der Waals surface area contributed by atoms with Crippen molar-refractivity contribution in [3.8, 4) is 11.1 Å². The van der Waals surface area contributed by atoms with E-state index >= 15 is 0 Å². The monoisotopic (exact) mass is 280 g/mol. The highest BCUT2D eigenvalue weighted by molar-refractivity contribution is 6.43. The van der Waals surface area contributed by atoms with Crippen molar-refractivity contribution >= 4 is 29.2 Å². The Morgan fingerprint density at radius 2 is 1.83 bits per heavy atom. The maximum atomic E-state index is 11.5. The first-order chi connectivity index (χ1) is 8.63. The molecular weight excluding hydrogens is 271 g/mol. The molecule has 0 fully saturated rings. The molecular formula is C14H10Cl2O2. The van der Waals surface area contributed by atoms with Crippen molar-refractivity contribution < 1.29 is 9.53 Å². The molecule has 0 bridgehead atoms. The first-order valence-electron chi connectivity index (χ1n) is 5.26. The number of hydrogen-bond acceptors (Lipinski definition) is 2. The van der Waals surface area contributed by atoms with Crippen molar-refractivity contribution in [2.75, 3.05) is 7.11 Å². The molecule has 92 valence electrons. The van der Waals surface area contributed by atoms with Crippen LogP contribution in [0.3, 0.4) is 0 Å². The van der Waals surface area contributed by atoms with Crippen LogP contribution in [-0.2, 0) is 4.74 Å². The third-order valence-electron chi connectivity index (χ3n) is 2.55. The molecule has 0 aromatic heterocycles. The van der Waals surface area contributed by atoms with E-state index in [2.05, 4.69) is 4.74 Å². The molecule has 0 unspecified atom stereocenters. The standard InChI is InChI=1S/C14H10Cl2O2/c1-18-14(17)10-5-2-4-9(8-10)11-6-3-7-12(15)13(11)16/h2-8H,1H3. The summed E-state index contributed by atoms with van der Waals surface area (Å²) < 4.78 is 4.68. The van der Waals surface area contributed by atoms with Crippen molar-refractivity contribution in [2.24, 2.45) is 0 Å². The van der Waals surface area contributed by atoms with E-state index in [9.17, 15) is 4.79 Å². The Morgan fingerprint density at radius 1 is 1.11 bits per heavy atom. The fraction of sp³-hybridized carbons (Fsp3) is 0.0714. The van der Waals surface area contributed by atoms with Gasteiger partial charge in [0.25, 0.3) is 0 Å². The van der Waals surface area contributed by atoms with E-state index in [0.717, 1.165) is 11.1 Å². The van der Waals surface area contributed by atoms with Crippen molar-refractivity contribution in [1.82, 2.24) is 0 Å². The summed E-state index contributed by atoms with van der Waals surface area (Å²) in [5, 5.41) is 0.957. The Kier molecular flexibility index (Phi) is 3.90. The molecule has 0 aliphatic carbocycles. The van der Waals surface area contributed by atoms with E-state index in [4.69, 9.17) is 23.2 Å². The van der Waals surface area contributed by atoms with E-state index in [0.29, 0.717) is 15.6 Å². The molecule has 0 amide bonds. The number of benzene rings is 2. The van der Waals surface area contributed by atoms with Gasteiger partial charge in [-0.1, -0.05) is 47.5 Å². The number of ether oxygens (including phenoxy) is 1. The number of carbonyl (C=O) groups excluding carboxylic acids is 1. The molecule has 0 atom stereocenters. The first kappa shape index (κ1) is 12.9. The second kappa shape index (κ2) is 5.42. The SMILES string of the molecule is COC(=O)c1cccc(-c2cccc(Cl)c2Cl)c1. The van der Waals surface area contributed by atoms with Crippen molar-refractivity contribution in [1.29, 1.82) is 0 Å². The van der Waals surface area contributed by atoms with Crippen LogP contribution in [0.5, 0.6) is 0 Å². The minimum atomic E-state index is -0.380. The van der Waals surface area contributed by atoms with E-state index in [1.165, 1.54) is 7.11 Å². The van der Waals surface area contributed by atoms with Crippen LogP contribution in [0.25, 0.3) is 11.1 Å². The zero-order valence-corrected chi connectivity index (χ0v) is 11.1. The van der Waals surface area contributed by atoms with E-state index < -0.39 is 0 Å². The normalized spacial score (nSPS) is 10.2. The third kappa shape index (κ3) is 2.50. The average molecular weight is 281 g/mol. The van der Waals surface area contributed by atoms with E-state index in [1.807, 2.05) is 18.2 Å². The predicted octanol–water partition coefficient (Wildman–Crippen LogP) is 4.45. The van der Waals surface area contributed by atoms with E-state index in [1.54, 1.807) is 24.3 Å². The number of halogens is 2. The predicted molar refractivity (Wildman–Crippen MR) is 73.2 cm³/mol. The summed E-state index contributed by atoms with van der Waals surface area (Å²) >= 11 is 12.1. The second-order valence-corrected chi connectivity index (χ2v) is 4.46. The summed E-state index contributed by atoms with van der Waals surface area (Å²) in [6.45, 7) is 0. The Labute approximate surface area is 115 Å². The topological polar surface area (TPSA) is 26.3 Å². The highest BCUT2D eigenvalue weighted by atomic mass is 35.5. The van der Waals surface area contributed by atoms with Crippen LogP contribution in [0.2, 0.25) is 10.0 Å². The third-order valence-corrected chi connectivity index (χ3v) is 3.37. The van der Waals surface area contributed by atoms with Crippen LogP contribution in [0, 0.1) is 0 Å². The first-order valence-corrected chi connectivity index (χ1v) is 6.02. The van der Waals surface area contributed by atoms with Crippen molar-refractivity contribution in [3.05, 3.63) is 58.1 Å². The molecule has 0 spiro atoms. The molecule has 2 rings (SSSR count). The minimum absolute atomic E-state index is 0.380. The lowest BCUT2D eigenvalue weighted by Gasteiger charge is -2.07. The molecule has 0 saturated heterocycles. The molecule has 0 radical (unpaired) electrons. The Balaban J connectivity index is 2.51. The number of methoxy groups -OCH3 is 1. The number of carbonyl (C=O) groups is 1. The second-order valence-electron chi connectivity index (χ2n) is 3.67. The van der Waals surface area contributed by atoms with Crippen LogP contribution in [0.15, 0.2) is 42.5 Å². The number of esters is 1. The van der Waals surface area contributed by atoms with Gasteiger partial charge in [-0.15, -0.1) is 0 Å². The quantitative estimate of drug-likeness (QED) is 0.760. The molecule has 0 aliphatic heterocycles. The van der Waals surface area contributed by atoms with Gasteiger partial charge < -0.3 is 4.74 Å². The lowest BCUT2D eigenvalue weighted by atomic mass is 10.0. The van der Waals surface area contributed by atoms with Gasteiger partial charge in [0.1, 0.15) is 0 Å². The largest absolute Gasteiger partial charge is 0.465 e. The van der Waals surface area contributed by atoms with Gasteiger partial charge in [0.15, 0.2) is 0 Å². The lowest BCUT2D eigenvalue weighted by Crippen LogP contribution is -2.00. The summed E-state index contributed by atoms with van der Waals surface area (Å²) in [5.41, 5.74) is 2.09. The molecule has 2 aromatic rings. The summed E-state index contributed by atoms with van der Waals surface area (Å²) in [6, 6.07) is 12.4. The fourth-order valence-electron chi connectivity index (χ4n) is 1.66. The molecule has 0 heterocycles. The van der Waals surface area contributed by atoms with Crippen LogP contribution in [-0.4, -0.2) is 13.1 Å². The molecule has 0 N–H and O–H groups in total. The van der Waals surface area contributed by atoms with Gasteiger partial charge in [-0.05, 0) is 23.8 Å². The smallest absolute Gasteiger partial charge is 0.337 e. The Hall–Kier alpha value is -1.51. The highest BCUT2D eigenvalue weighted by Gasteiger charge is 2.10. The molecule has 2 aromatic carbocycles. The van der Waals surface area contributed by atoms with E-state index in [-0.39, 0.29) is 5.97 Å². The number of hydrogen-bond donors (Lipinski definition) is 0. The molecule has 18 heavy (non-hydrogen) atoms. The van der Waals surface area contributed by atoms with Crippen molar-refractivity contribution in [2.45, 2.75) is 0 Å². The Morgan fingerprint density at radius 3 is 2.56 bits per heavy atom. The minimum Gasteiger partial charge on any atom is -0.465 e. The van der Waals surface area contributed by atoms with Crippen molar-refractivity contribution in [3.63, 3.8) is 0 Å². The lowest BCUT2D eigenvalue weighted by molar-refractivity contribution is 0.0601. The van der Waals surface area contributed by atoms with Crippen LogP contribution < -0.4 is 0 Å².